The Morgan fingerprint density at radius 3 is 2.40 bits per heavy atom. The van der Waals surface area contributed by atoms with Crippen LogP contribution in [-0.4, -0.2) is 43.2 Å². The van der Waals surface area contributed by atoms with Crippen LogP contribution in [-0.2, 0) is 6.54 Å². The van der Waals surface area contributed by atoms with E-state index in [-0.39, 0.29) is 22.5 Å². The summed E-state index contributed by atoms with van der Waals surface area (Å²) >= 11 is 7.82. The third-order valence-corrected chi connectivity index (χ3v) is 8.32. The summed E-state index contributed by atoms with van der Waals surface area (Å²) in [6, 6.07) is 9.98. The second-order valence-corrected chi connectivity index (χ2v) is 10.2. The molecule has 1 aliphatic rings. The molecular weight excluding hydrogens is 552 g/mol. The molecule has 2 N–H and O–H groups in total. The average molecular weight is 590 g/mol. The number of nitrogens with two attached hydrogens (primary N) is 1. The van der Waals surface area contributed by atoms with Crippen molar-refractivity contribution in [1.29, 1.82) is 0 Å². The lowest BCUT2D eigenvalue weighted by Gasteiger charge is -2.34. The van der Waals surface area contributed by atoms with Crippen LogP contribution in [0, 0.1) is 0 Å². The van der Waals surface area contributed by atoms with E-state index in [1.54, 1.807) is 32.5 Å². The van der Waals surface area contributed by atoms with Crippen LogP contribution < -0.4 is 10.5 Å². The fraction of sp³-hybridized carbons (Fsp3) is 0.355. The van der Waals surface area contributed by atoms with Gasteiger partial charge < -0.3 is 15.4 Å². The summed E-state index contributed by atoms with van der Waals surface area (Å²) in [6.45, 7) is 5.77. The lowest BCUT2D eigenvalue weighted by atomic mass is 9.93. The third kappa shape index (κ3) is 7.77. The van der Waals surface area contributed by atoms with Crippen molar-refractivity contribution >= 4 is 40.7 Å². The molecule has 1 saturated carbocycles. The molecule has 40 heavy (non-hydrogen) atoms. The molecule has 1 aromatic carbocycles. The number of ether oxygens (including phenoxy) is 1. The lowest BCUT2D eigenvalue weighted by molar-refractivity contribution is 0.0618. The summed E-state index contributed by atoms with van der Waals surface area (Å²) in [5.41, 5.74) is 7.70. The fourth-order valence-corrected chi connectivity index (χ4v) is 6.22. The number of hydrogen-bond donors (Lipinski definition) is 1. The second-order valence-electron chi connectivity index (χ2n) is 8.81. The van der Waals surface area contributed by atoms with E-state index in [1.165, 1.54) is 24.5 Å². The number of carbonyl (C=O) groups excluding carboxylic acids is 1. The topological polar surface area (TPSA) is 68.5 Å². The van der Waals surface area contributed by atoms with E-state index in [1.807, 2.05) is 29.2 Å². The van der Waals surface area contributed by atoms with Gasteiger partial charge in [-0.25, -0.2) is 4.39 Å². The molecule has 2 aromatic heterocycles. The standard InChI is InChI=1S/C29H30ClFN2O2S.CH3F.CH5N/c1-4-23(31)26-25(5-2)36-28(27(26)30)29(34)33(22-9-7-6-8-10-22)18-21-17-20(11-12-24(21)35-3)19-13-15-32-16-14-19;2*1-2/h4-5,11-17,22H,2,6-10,18H2,1,3H3;1H3;2H2,1H3/b23-4+;;. The highest BCUT2D eigenvalue weighted by Gasteiger charge is 2.32. The maximum absolute atomic E-state index is 14.6. The molecule has 3 aromatic rings. The van der Waals surface area contributed by atoms with Gasteiger partial charge in [-0.2, -0.15) is 0 Å². The number of benzene rings is 1. The van der Waals surface area contributed by atoms with Crippen LogP contribution >= 0.6 is 22.9 Å². The van der Waals surface area contributed by atoms with E-state index in [9.17, 15) is 13.6 Å². The van der Waals surface area contributed by atoms with Crippen molar-refractivity contribution < 1.29 is 18.3 Å². The largest absolute Gasteiger partial charge is 0.496 e. The molecule has 5 nitrogen and oxygen atoms in total. The first-order valence-electron chi connectivity index (χ1n) is 13.1. The van der Waals surface area contributed by atoms with E-state index >= 15 is 0 Å². The van der Waals surface area contributed by atoms with Crippen LogP contribution in [0.4, 0.5) is 8.78 Å². The van der Waals surface area contributed by atoms with E-state index in [0.717, 1.165) is 48.8 Å². The number of pyridine rings is 1. The first-order valence-corrected chi connectivity index (χ1v) is 14.3. The summed E-state index contributed by atoms with van der Waals surface area (Å²) in [5.74, 6) is 0.0683. The zero-order chi connectivity index (χ0) is 29.7. The molecule has 1 fully saturated rings. The fourth-order valence-electron chi connectivity index (χ4n) is 4.78. The Balaban J connectivity index is 0.00000134. The molecule has 0 aliphatic heterocycles. The quantitative estimate of drug-likeness (QED) is 0.286. The molecule has 0 unspecified atom stereocenters. The second kappa shape index (κ2) is 16.9. The maximum atomic E-state index is 14.6. The summed E-state index contributed by atoms with van der Waals surface area (Å²) in [5, 5.41) is 0.147. The number of nitrogens with zero attached hydrogens (tertiary/aromatic N) is 2. The van der Waals surface area contributed by atoms with Crippen LogP contribution in [0.1, 0.15) is 64.7 Å². The number of amides is 1. The zero-order valence-electron chi connectivity index (χ0n) is 23.6. The van der Waals surface area contributed by atoms with Crippen molar-refractivity contribution in [2.75, 3.05) is 21.3 Å². The highest BCUT2D eigenvalue weighted by molar-refractivity contribution is 7.16. The normalized spacial score (nSPS) is 13.3. The van der Waals surface area contributed by atoms with Gasteiger partial charge in [0.15, 0.2) is 0 Å². The van der Waals surface area contributed by atoms with Crippen LogP contribution in [0.5, 0.6) is 5.75 Å². The predicted octanol–water partition coefficient (Wildman–Crippen LogP) is 8.58. The number of allylic oxidation sites excluding steroid dienone is 1. The van der Waals surface area contributed by atoms with E-state index in [4.69, 9.17) is 16.3 Å². The molecule has 0 atom stereocenters. The van der Waals surface area contributed by atoms with Gasteiger partial charge in [-0.05, 0) is 62.2 Å². The number of carbonyl (C=O) groups is 1. The number of methoxy groups -OCH3 is 1. The predicted molar refractivity (Wildman–Crippen MR) is 164 cm³/mol. The Labute approximate surface area is 245 Å². The number of aromatic nitrogens is 1. The van der Waals surface area contributed by atoms with Crippen molar-refractivity contribution in [3.8, 4) is 16.9 Å². The van der Waals surface area contributed by atoms with Crippen LogP contribution in [0.3, 0.4) is 0 Å². The van der Waals surface area contributed by atoms with Gasteiger partial charge in [0.25, 0.3) is 5.91 Å². The van der Waals surface area contributed by atoms with Crippen molar-refractivity contribution in [1.82, 2.24) is 9.88 Å². The molecule has 9 heteroatoms. The molecular formula is C31H38ClF2N3O2S. The summed E-state index contributed by atoms with van der Waals surface area (Å²) in [4.78, 5) is 20.9. The third-order valence-electron chi connectivity index (χ3n) is 6.66. The van der Waals surface area contributed by atoms with Crippen LogP contribution in [0.15, 0.2) is 55.4 Å². The van der Waals surface area contributed by atoms with Crippen molar-refractivity contribution in [2.45, 2.75) is 51.6 Å². The number of thiophene rings is 1. The highest BCUT2D eigenvalue weighted by atomic mass is 35.5. The maximum Gasteiger partial charge on any atom is 0.266 e. The van der Waals surface area contributed by atoms with Gasteiger partial charge in [0.2, 0.25) is 0 Å². The molecule has 0 spiro atoms. The summed E-state index contributed by atoms with van der Waals surface area (Å²) < 4.78 is 29.8. The number of rotatable bonds is 8. The molecule has 1 amide bonds. The Morgan fingerprint density at radius 1 is 1.18 bits per heavy atom. The van der Waals surface area contributed by atoms with Gasteiger partial charge in [0, 0.05) is 41.0 Å². The minimum atomic E-state index is -0.457. The number of halogens is 3. The Hall–Kier alpha value is -3.07. The first-order chi connectivity index (χ1) is 19.5. The van der Waals surface area contributed by atoms with Crippen LogP contribution in [0.25, 0.3) is 23.0 Å². The van der Waals surface area contributed by atoms with Gasteiger partial charge in [-0.3, -0.25) is 14.2 Å². The summed E-state index contributed by atoms with van der Waals surface area (Å²) in [6.07, 6.45) is 11.6. The van der Waals surface area contributed by atoms with Gasteiger partial charge in [0.05, 0.1) is 19.3 Å². The van der Waals surface area contributed by atoms with Gasteiger partial charge in [-0.15, -0.1) is 11.3 Å². The van der Waals surface area contributed by atoms with E-state index in [0.29, 0.717) is 29.2 Å². The minimum absolute atomic E-state index is 0.0703. The Kier molecular flexibility index (Phi) is 14.0. The molecule has 4 rings (SSSR count). The molecule has 0 bridgehead atoms. The Bertz CT molecular complexity index is 1280. The summed E-state index contributed by atoms with van der Waals surface area (Å²) in [7, 11) is 3.64. The van der Waals surface area contributed by atoms with E-state index in [2.05, 4.69) is 23.4 Å². The SMILES string of the molecule is C=Cc1sc(C(=O)N(Cc2cc(-c3ccncc3)ccc2OC)C2CCCCC2)c(Cl)c1/C(F)=C\C.CF.CN. The number of alkyl halides is 1. The lowest BCUT2D eigenvalue weighted by Crippen LogP contribution is -2.40. The van der Waals surface area contributed by atoms with Crippen molar-refractivity contribution in [2.24, 2.45) is 5.73 Å². The van der Waals surface area contributed by atoms with E-state index < -0.39 is 5.83 Å². The monoisotopic (exact) mass is 589 g/mol. The smallest absolute Gasteiger partial charge is 0.266 e. The molecule has 0 saturated heterocycles. The average Bonchev–Trinajstić information content (AvgIpc) is 3.37. The minimum Gasteiger partial charge on any atom is -0.496 e. The van der Waals surface area contributed by atoms with Gasteiger partial charge >= 0.3 is 0 Å². The van der Waals surface area contributed by atoms with Crippen molar-refractivity contribution in [3.05, 3.63) is 81.3 Å². The van der Waals surface area contributed by atoms with Crippen molar-refractivity contribution in [3.63, 3.8) is 0 Å². The molecule has 216 valence electrons. The zero-order valence-corrected chi connectivity index (χ0v) is 25.1. The number of hydrogen-bond acceptors (Lipinski definition) is 5. The Morgan fingerprint density at radius 2 is 1.82 bits per heavy atom. The van der Waals surface area contributed by atoms with Crippen LogP contribution in [0.2, 0.25) is 5.02 Å². The molecule has 2 heterocycles. The highest BCUT2D eigenvalue weighted by Crippen LogP contribution is 2.41. The first kappa shape index (κ1) is 33.1. The van der Waals surface area contributed by atoms with Gasteiger partial charge in [-0.1, -0.05) is 55.7 Å². The molecule has 0 radical (unpaired) electrons. The van der Waals surface area contributed by atoms with Gasteiger partial charge in [0.1, 0.15) is 16.5 Å². The molecule has 1 aliphatic carbocycles.